The Hall–Kier alpha value is -2.90. The van der Waals surface area contributed by atoms with Crippen LogP contribution in [0.2, 0.25) is 0 Å². The first-order valence-corrected chi connectivity index (χ1v) is 11.2. The maximum atomic E-state index is 12.8. The lowest BCUT2D eigenvalue weighted by atomic mass is 9.76. The molecule has 1 spiro atoms. The number of amides is 5. The standard InChI is InChI=1S/C23H30N4O4/c1-27(18-5-3-2-4-6-18)20(29)16-7-9-17(10-8-16)24-19(28)15-11-13-23(14-12-15)21(30)25-22(31)26-23/h7-10,15,18H,2-6,11-14H2,1H3,(H,24,28)(H2,25,26,30,31). The highest BCUT2D eigenvalue weighted by Crippen LogP contribution is 2.34. The Kier molecular flexibility index (Phi) is 5.98. The molecule has 0 radical (unpaired) electrons. The molecule has 3 N–H and O–H groups in total. The van der Waals surface area contributed by atoms with Crippen LogP contribution in [0.3, 0.4) is 0 Å². The van der Waals surface area contributed by atoms with Crippen molar-refractivity contribution in [2.24, 2.45) is 5.92 Å². The third-order valence-corrected chi connectivity index (χ3v) is 7.07. The van der Waals surface area contributed by atoms with Crippen molar-refractivity contribution in [3.05, 3.63) is 29.8 Å². The number of carbonyl (C=O) groups is 4. The largest absolute Gasteiger partial charge is 0.339 e. The Labute approximate surface area is 182 Å². The molecule has 0 bridgehead atoms. The van der Waals surface area contributed by atoms with E-state index in [2.05, 4.69) is 16.0 Å². The fourth-order valence-corrected chi connectivity index (χ4v) is 5.03. The Balaban J connectivity index is 1.31. The minimum Gasteiger partial charge on any atom is -0.339 e. The van der Waals surface area contributed by atoms with Crippen LogP contribution in [0.25, 0.3) is 0 Å². The van der Waals surface area contributed by atoms with Gasteiger partial charge < -0.3 is 15.5 Å². The number of hydrogen-bond donors (Lipinski definition) is 3. The average Bonchev–Trinajstić information content (AvgIpc) is 3.06. The molecule has 4 rings (SSSR count). The summed E-state index contributed by atoms with van der Waals surface area (Å²) in [6.07, 6.45) is 7.67. The van der Waals surface area contributed by atoms with Crippen LogP contribution < -0.4 is 16.0 Å². The van der Waals surface area contributed by atoms with Crippen molar-refractivity contribution >= 4 is 29.4 Å². The molecule has 1 aromatic carbocycles. The smallest absolute Gasteiger partial charge is 0.322 e. The van der Waals surface area contributed by atoms with E-state index in [0.29, 0.717) is 43.0 Å². The van der Waals surface area contributed by atoms with Gasteiger partial charge in [0, 0.05) is 30.3 Å². The van der Waals surface area contributed by atoms with Crippen LogP contribution in [0.1, 0.15) is 68.1 Å². The number of imide groups is 1. The summed E-state index contributed by atoms with van der Waals surface area (Å²) < 4.78 is 0. The van der Waals surface area contributed by atoms with Gasteiger partial charge in [0.15, 0.2) is 0 Å². The molecular formula is C23H30N4O4. The monoisotopic (exact) mass is 426 g/mol. The molecular weight excluding hydrogens is 396 g/mol. The maximum absolute atomic E-state index is 12.8. The number of anilines is 1. The number of hydrogen-bond acceptors (Lipinski definition) is 4. The summed E-state index contributed by atoms with van der Waals surface area (Å²) in [5, 5.41) is 7.91. The Morgan fingerprint density at radius 1 is 1.00 bits per heavy atom. The normalized spacial score (nSPS) is 26.3. The first-order chi connectivity index (χ1) is 14.9. The summed E-state index contributed by atoms with van der Waals surface area (Å²) in [5.74, 6) is -0.596. The third kappa shape index (κ3) is 4.43. The molecule has 0 unspecified atom stereocenters. The summed E-state index contributed by atoms with van der Waals surface area (Å²) >= 11 is 0. The molecule has 1 aliphatic heterocycles. The number of nitrogens with zero attached hydrogens (tertiary/aromatic N) is 1. The summed E-state index contributed by atoms with van der Waals surface area (Å²) in [7, 11) is 1.87. The van der Waals surface area contributed by atoms with Crippen LogP contribution in [-0.2, 0) is 9.59 Å². The quantitative estimate of drug-likeness (QED) is 0.644. The lowest BCUT2D eigenvalue weighted by molar-refractivity contribution is -0.128. The predicted octanol–water partition coefficient (Wildman–Crippen LogP) is 2.80. The van der Waals surface area contributed by atoms with Crippen molar-refractivity contribution < 1.29 is 19.2 Å². The van der Waals surface area contributed by atoms with Gasteiger partial charge >= 0.3 is 6.03 Å². The van der Waals surface area contributed by atoms with E-state index in [9.17, 15) is 19.2 Å². The second-order valence-corrected chi connectivity index (χ2v) is 9.04. The zero-order valence-corrected chi connectivity index (χ0v) is 17.9. The predicted molar refractivity (Wildman–Crippen MR) is 115 cm³/mol. The van der Waals surface area contributed by atoms with Crippen LogP contribution in [0.15, 0.2) is 24.3 Å². The third-order valence-electron chi connectivity index (χ3n) is 7.07. The number of nitrogens with one attached hydrogen (secondary N) is 3. The first-order valence-electron chi connectivity index (χ1n) is 11.2. The number of benzene rings is 1. The average molecular weight is 427 g/mol. The van der Waals surface area contributed by atoms with Crippen molar-refractivity contribution in [2.75, 3.05) is 12.4 Å². The number of carbonyl (C=O) groups excluding carboxylic acids is 4. The molecule has 2 aliphatic carbocycles. The van der Waals surface area contributed by atoms with Crippen LogP contribution in [-0.4, -0.2) is 47.3 Å². The lowest BCUT2D eigenvalue weighted by Crippen LogP contribution is -2.50. The van der Waals surface area contributed by atoms with E-state index in [0.717, 1.165) is 12.8 Å². The van der Waals surface area contributed by atoms with E-state index >= 15 is 0 Å². The van der Waals surface area contributed by atoms with E-state index in [4.69, 9.17) is 0 Å². The molecule has 1 aromatic rings. The van der Waals surface area contributed by atoms with E-state index in [1.807, 2.05) is 11.9 Å². The molecule has 8 nitrogen and oxygen atoms in total. The van der Waals surface area contributed by atoms with Gasteiger partial charge in [0.1, 0.15) is 5.54 Å². The van der Waals surface area contributed by atoms with Gasteiger partial charge in [-0.05, 0) is 62.8 Å². The van der Waals surface area contributed by atoms with Crippen molar-refractivity contribution in [3.8, 4) is 0 Å². The molecule has 0 aromatic heterocycles. The van der Waals surface area contributed by atoms with Gasteiger partial charge in [-0.3, -0.25) is 19.7 Å². The molecule has 8 heteroatoms. The molecule has 31 heavy (non-hydrogen) atoms. The summed E-state index contributed by atoms with van der Waals surface area (Å²) in [6.45, 7) is 0. The van der Waals surface area contributed by atoms with E-state index in [-0.39, 0.29) is 23.6 Å². The fraction of sp³-hybridized carbons (Fsp3) is 0.565. The Morgan fingerprint density at radius 3 is 2.23 bits per heavy atom. The van der Waals surface area contributed by atoms with Crippen LogP contribution in [0.5, 0.6) is 0 Å². The van der Waals surface area contributed by atoms with Crippen molar-refractivity contribution in [1.82, 2.24) is 15.5 Å². The van der Waals surface area contributed by atoms with Gasteiger partial charge in [0.25, 0.3) is 11.8 Å². The van der Waals surface area contributed by atoms with Crippen molar-refractivity contribution in [3.63, 3.8) is 0 Å². The highest BCUT2D eigenvalue weighted by atomic mass is 16.2. The highest BCUT2D eigenvalue weighted by Gasteiger charge is 2.48. The molecule has 0 atom stereocenters. The first kappa shape index (κ1) is 21.3. The van der Waals surface area contributed by atoms with Gasteiger partial charge in [-0.25, -0.2) is 4.79 Å². The van der Waals surface area contributed by atoms with Gasteiger partial charge in [-0.1, -0.05) is 19.3 Å². The molecule has 1 heterocycles. The lowest BCUT2D eigenvalue weighted by Gasteiger charge is -2.33. The maximum Gasteiger partial charge on any atom is 0.322 e. The van der Waals surface area contributed by atoms with E-state index < -0.39 is 11.6 Å². The van der Waals surface area contributed by atoms with Crippen LogP contribution >= 0.6 is 0 Å². The fourth-order valence-electron chi connectivity index (χ4n) is 5.03. The van der Waals surface area contributed by atoms with Crippen molar-refractivity contribution in [2.45, 2.75) is 69.4 Å². The molecule has 3 aliphatic rings. The van der Waals surface area contributed by atoms with Crippen molar-refractivity contribution in [1.29, 1.82) is 0 Å². The van der Waals surface area contributed by atoms with Crippen LogP contribution in [0, 0.1) is 5.92 Å². The van der Waals surface area contributed by atoms with Gasteiger partial charge in [0.05, 0.1) is 0 Å². The zero-order valence-electron chi connectivity index (χ0n) is 17.9. The summed E-state index contributed by atoms with van der Waals surface area (Å²) in [5.41, 5.74) is 0.406. The van der Waals surface area contributed by atoms with Gasteiger partial charge in [-0.2, -0.15) is 0 Å². The molecule has 3 fully saturated rings. The van der Waals surface area contributed by atoms with Crippen LogP contribution in [0.4, 0.5) is 10.5 Å². The van der Waals surface area contributed by atoms with Gasteiger partial charge in [0.2, 0.25) is 5.91 Å². The second kappa shape index (κ2) is 8.69. The summed E-state index contributed by atoms with van der Waals surface area (Å²) in [6, 6.07) is 6.87. The Bertz CT molecular complexity index is 868. The zero-order chi connectivity index (χ0) is 22.0. The highest BCUT2D eigenvalue weighted by molar-refractivity contribution is 6.07. The SMILES string of the molecule is CN(C(=O)c1ccc(NC(=O)C2CCC3(CC2)NC(=O)NC3=O)cc1)C1CCCCC1. The molecule has 5 amide bonds. The minimum absolute atomic E-state index is 0.0132. The Morgan fingerprint density at radius 2 is 1.65 bits per heavy atom. The minimum atomic E-state index is -0.861. The second-order valence-electron chi connectivity index (χ2n) is 9.04. The summed E-state index contributed by atoms with van der Waals surface area (Å²) in [4.78, 5) is 50.8. The molecule has 166 valence electrons. The van der Waals surface area contributed by atoms with E-state index in [1.54, 1.807) is 24.3 Å². The topological polar surface area (TPSA) is 108 Å². The van der Waals surface area contributed by atoms with Gasteiger partial charge in [-0.15, -0.1) is 0 Å². The number of urea groups is 1. The molecule has 2 saturated carbocycles. The van der Waals surface area contributed by atoms with E-state index in [1.165, 1.54) is 19.3 Å². The number of rotatable bonds is 4. The molecule has 1 saturated heterocycles.